The number of rotatable bonds is 2. The molecule has 1 aliphatic heterocycles. The molecule has 2 atom stereocenters. The topological polar surface area (TPSA) is 71.2 Å². The van der Waals surface area contributed by atoms with Crippen molar-refractivity contribution in [3.8, 4) is 0 Å². The summed E-state index contributed by atoms with van der Waals surface area (Å²) < 4.78 is 0. The summed E-state index contributed by atoms with van der Waals surface area (Å²) in [6.07, 6.45) is 4.04. The Morgan fingerprint density at radius 2 is 2.37 bits per heavy atom. The lowest BCUT2D eigenvalue weighted by atomic mass is 10.2. The van der Waals surface area contributed by atoms with E-state index in [2.05, 4.69) is 22.2 Å². The van der Waals surface area contributed by atoms with Crippen LogP contribution < -0.4 is 11.1 Å². The van der Waals surface area contributed by atoms with Crippen LogP contribution in [0.2, 0.25) is 0 Å². The zero-order valence-corrected chi connectivity index (χ0v) is 12.0. The minimum absolute atomic E-state index is 0.0515. The van der Waals surface area contributed by atoms with Crippen molar-refractivity contribution in [3.63, 3.8) is 0 Å². The third-order valence-corrected chi connectivity index (χ3v) is 5.08. The average molecular weight is 280 g/mol. The maximum absolute atomic E-state index is 12.2. The molecule has 3 N–H and O–H groups in total. The highest BCUT2D eigenvalue weighted by Crippen LogP contribution is 2.25. The second kappa shape index (κ2) is 5.19. The van der Waals surface area contributed by atoms with Gasteiger partial charge in [-0.05, 0) is 26.3 Å². The second-order valence-electron chi connectivity index (χ2n) is 5.55. The first-order valence-corrected chi connectivity index (χ1v) is 7.68. The van der Waals surface area contributed by atoms with Crippen LogP contribution in [0.25, 0.3) is 0 Å². The van der Waals surface area contributed by atoms with Crippen LogP contribution in [0.3, 0.4) is 0 Å². The first kappa shape index (κ1) is 13.0. The Morgan fingerprint density at radius 1 is 1.53 bits per heavy atom. The predicted molar refractivity (Wildman–Crippen MR) is 75.2 cm³/mol. The smallest absolute Gasteiger partial charge is 0.280 e. The number of aromatic nitrogens is 1. The van der Waals surface area contributed by atoms with E-state index < -0.39 is 0 Å². The summed E-state index contributed by atoms with van der Waals surface area (Å²) in [7, 11) is 2.10. The molecule has 1 aromatic rings. The highest BCUT2D eigenvalue weighted by Gasteiger charge is 2.27. The monoisotopic (exact) mass is 280 g/mol. The minimum atomic E-state index is -0.0515. The molecule has 5 nitrogen and oxygen atoms in total. The van der Waals surface area contributed by atoms with E-state index in [1.54, 1.807) is 0 Å². The van der Waals surface area contributed by atoms with Gasteiger partial charge in [-0.2, -0.15) is 0 Å². The van der Waals surface area contributed by atoms with E-state index in [-0.39, 0.29) is 18.0 Å². The van der Waals surface area contributed by atoms with Gasteiger partial charge in [0.15, 0.2) is 5.01 Å². The molecule has 2 aliphatic rings. The van der Waals surface area contributed by atoms with Crippen LogP contribution in [0, 0.1) is 0 Å². The highest BCUT2D eigenvalue weighted by molar-refractivity contribution is 7.13. The summed E-state index contributed by atoms with van der Waals surface area (Å²) in [5, 5.41) is 3.63. The number of carbonyl (C=O) groups excluding carboxylic acids is 1. The fourth-order valence-corrected chi connectivity index (χ4v) is 3.91. The fraction of sp³-hybridized carbons (Fsp3) is 0.692. The third-order valence-electron chi connectivity index (χ3n) is 4.00. The Bertz CT molecular complexity index is 487. The quantitative estimate of drug-likeness (QED) is 0.838. The molecule has 2 heterocycles. The van der Waals surface area contributed by atoms with E-state index in [0.717, 1.165) is 44.5 Å². The lowest BCUT2D eigenvalue weighted by molar-refractivity contribution is 0.0934. The summed E-state index contributed by atoms with van der Waals surface area (Å²) in [5.41, 5.74) is 7.08. The molecule has 19 heavy (non-hydrogen) atoms. The number of hydrogen-bond donors (Lipinski definition) is 2. The lowest BCUT2D eigenvalue weighted by Gasteiger charge is -2.20. The number of nitrogens with one attached hydrogen (secondary N) is 1. The van der Waals surface area contributed by atoms with Crippen molar-refractivity contribution < 1.29 is 4.79 Å². The van der Waals surface area contributed by atoms with Crippen LogP contribution in [0.1, 0.15) is 39.6 Å². The van der Waals surface area contributed by atoms with Crippen molar-refractivity contribution in [3.05, 3.63) is 15.6 Å². The van der Waals surface area contributed by atoms with Gasteiger partial charge in [0.25, 0.3) is 5.91 Å². The molecule has 0 radical (unpaired) electrons. The minimum Gasteiger partial charge on any atom is -0.346 e. The molecular weight excluding hydrogens is 260 g/mol. The molecule has 1 saturated carbocycles. The maximum Gasteiger partial charge on any atom is 0.280 e. The SMILES string of the molecule is CN1CCc2nc(C(=O)N[C@@H]3CCC[C@H]3N)sc2C1. The van der Waals surface area contributed by atoms with E-state index >= 15 is 0 Å². The molecule has 0 spiro atoms. The fourth-order valence-electron chi connectivity index (χ4n) is 2.82. The molecular formula is C13H20N4OS. The van der Waals surface area contributed by atoms with E-state index in [1.807, 2.05) is 0 Å². The molecule has 3 rings (SSSR count). The summed E-state index contributed by atoms with van der Waals surface area (Å²) in [5.74, 6) is -0.0515. The second-order valence-corrected chi connectivity index (χ2v) is 6.64. The van der Waals surface area contributed by atoms with Gasteiger partial charge in [-0.1, -0.05) is 0 Å². The van der Waals surface area contributed by atoms with Gasteiger partial charge >= 0.3 is 0 Å². The summed E-state index contributed by atoms with van der Waals surface area (Å²) in [6, 6.07) is 0.223. The Balaban J connectivity index is 1.70. The van der Waals surface area contributed by atoms with Crippen LogP contribution >= 0.6 is 11.3 Å². The molecule has 1 aliphatic carbocycles. The Morgan fingerprint density at radius 3 is 3.11 bits per heavy atom. The predicted octanol–water partition coefficient (Wildman–Crippen LogP) is 0.741. The van der Waals surface area contributed by atoms with Gasteiger partial charge in [0, 0.05) is 36.5 Å². The number of fused-ring (bicyclic) bond motifs is 1. The normalized spacial score (nSPS) is 27.3. The van der Waals surface area contributed by atoms with Crippen molar-refractivity contribution >= 4 is 17.2 Å². The van der Waals surface area contributed by atoms with Gasteiger partial charge in [0.2, 0.25) is 0 Å². The van der Waals surface area contributed by atoms with Crippen molar-refractivity contribution in [2.45, 2.75) is 44.3 Å². The lowest BCUT2D eigenvalue weighted by Crippen LogP contribution is -2.43. The first-order chi connectivity index (χ1) is 9.13. The van der Waals surface area contributed by atoms with Crippen LogP contribution in [-0.4, -0.2) is 41.5 Å². The number of carbonyl (C=O) groups is 1. The number of nitrogens with two attached hydrogens (primary N) is 1. The van der Waals surface area contributed by atoms with Gasteiger partial charge in [-0.25, -0.2) is 4.98 Å². The molecule has 104 valence electrons. The highest BCUT2D eigenvalue weighted by atomic mass is 32.1. The standard InChI is InChI=1S/C13H20N4OS/c1-17-6-5-10-11(7-17)19-13(16-10)12(18)15-9-4-2-3-8(9)14/h8-9H,2-7,14H2,1H3,(H,15,18)/t8-,9-/m1/s1. The number of likely N-dealkylation sites (N-methyl/N-ethyl adjacent to an activating group) is 1. The number of amides is 1. The van der Waals surface area contributed by atoms with E-state index in [9.17, 15) is 4.79 Å². The molecule has 1 fully saturated rings. The average Bonchev–Trinajstić information content (AvgIpc) is 2.96. The van der Waals surface area contributed by atoms with Crippen molar-refractivity contribution in [1.29, 1.82) is 0 Å². The first-order valence-electron chi connectivity index (χ1n) is 6.87. The number of hydrogen-bond acceptors (Lipinski definition) is 5. The van der Waals surface area contributed by atoms with Crippen LogP contribution in [0.4, 0.5) is 0 Å². The molecule has 0 unspecified atom stereocenters. The zero-order valence-electron chi connectivity index (χ0n) is 11.2. The van der Waals surface area contributed by atoms with Crippen molar-refractivity contribution in [1.82, 2.24) is 15.2 Å². The number of nitrogens with zero attached hydrogens (tertiary/aromatic N) is 2. The van der Waals surface area contributed by atoms with E-state index in [0.29, 0.717) is 5.01 Å². The maximum atomic E-state index is 12.2. The third kappa shape index (κ3) is 2.66. The molecule has 0 bridgehead atoms. The summed E-state index contributed by atoms with van der Waals surface area (Å²) in [6.45, 7) is 1.93. The van der Waals surface area contributed by atoms with Gasteiger partial charge < -0.3 is 16.0 Å². The summed E-state index contributed by atoms with van der Waals surface area (Å²) in [4.78, 5) is 20.2. The number of thiazole rings is 1. The molecule has 6 heteroatoms. The van der Waals surface area contributed by atoms with Gasteiger partial charge in [-0.15, -0.1) is 11.3 Å². The van der Waals surface area contributed by atoms with E-state index in [4.69, 9.17) is 5.73 Å². The Hall–Kier alpha value is -0.980. The molecule has 1 aromatic heterocycles. The Labute approximate surface area is 117 Å². The van der Waals surface area contributed by atoms with Crippen LogP contribution in [0.5, 0.6) is 0 Å². The molecule has 0 saturated heterocycles. The van der Waals surface area contributed by atoms with Crippen LogP contribution in [0.15, 0.2) is 0 Å². The largest absolute Gasteiger partial charge is 0.346 e. The zero-order chi connectivity index (χ0) is 13.4. The van der Waals surface area contributed by atoms with Crippen LogP contribution in [-0.2, 0) is 13.0 Å². The Kier molecular flexibility index (Phi) is 3.56. The summed E-state index contributed by atoms with van der Waals surface area (Å²) >= 11 is 1.53. The van der Waals surface area contributed by atoms with Gasteiger partial charge in [0.05, 0.1) is 5.69 Å². The molecule has 1 amide bonds. The van der Waals surface area contributed by atoms with Gasteiger partial charge in [-0.3, -0.25) is 4.79 Å². The van der Waals surface area contributed by atoms with E-state index in [1.165, 1.54) is 16.2 Å². The van der Waals surface area contributed by atoms with Crippen molar-refractivity contribution in [2.24, 2.45) is 5.73 Å². The van der Waals surface area contributed by atoms with Gasteiger partial charge in [0.1, 0.15) is 0 Å². The van der Waals surface area contributed by atoms with Crippen molar-refractivity contribution in [2.75, 3.05) is 13.6 Å². The molecule has 0 aromatic carbocycles.